The highest BCUT2D eigenvalue weighted by Crippen LogP contribution is 2.42. The molecule has 27 heavy (non-hydrogen) atoms. The number of rotatable bonds is 2. The van der Waals surface area contributed by atoms with E-state index in [1.165, 1.54) is 16.8 Å². The first-order valence-corrected chi connectivity index (χ1v) is 8.84. The van der Waals surface area contributed by atoms with Gasteiger partial charge in [0.2, 0.25) is 0 Å². The number of hydrogen-bond donors (Lipinski definition) is 0. The van der Waals surface area contributed by atoms with Crippen molar-refractivity contribution in [3.05, 3.63) is 81.0 Å². The Morgan fingerprint density at radius 3 is 2.63 bits per heavy atom. The van der Waals surface area contributed by atoms with Gasteiger partial charge in [-0.1, -0.05) is 24.3 Å². The highest BCUT2D eigenvalue weighted by molar-refractivity contribution is 5.89. The molecule has 2 heterocycles. The Labute approximate surface area is 153 Å². The van der Waals surface area contributed by atoms with Gasteiger partial charge in [0.25, 0.3) is 5.56 Å². The van der Waals surface area contributed by atoms with Gasteiger partial charge in [-0.05, 0) is 36.5 Å². The Morgan fingerprint density at radius 1 is 1.07 bits per heavy atom. The lowest BCUT2D eigenvalue weighted by molar-refractivity contribution is 0.611. The highest BCUT2D eigenvalue weighted by atomic mass is 19.1. The van der Waals surface area contributed by atoms with Gasteiger partial charge in [-0.15, -0.1) is 0 Å². The summed E-state index contributed by atoms with van der Waals surface area (Å²) in [6.45, 7) is 0. The van der Waals surface area contributed by atoms with Crippen LogP contribution in [0, 0.1) is 5.82 Å². The summed E-state index contributed by atoms with van der Waals surface area (Å²) >= 11 is 0. The number of aromatic nitrogens is 3. The van der Waals surface area contributed by atoms with E-state index in [1.807, 2.05) is 24.3 Å². The SMILES string of the molecule is Cn1c(=O)n(-c2cncc3ccccc23)c(=O)c2cc(C3CC3)c(F)cc21. The van der Waals surface area contributed by atoms with Gasteiger partial charge in [0.05, 0.1) is 22.8 Å². The molecule has 0 amide bonds. The van der Waals surface area contributed by atoms with Crippen LogP contribution in [0.1, 0.15) is 24.3 Å². The molecular formula is C21H16FN3O2. The number of benzene rings is 2. The topological polar surface area (TPSA) is 56.9 Å². The third-order valence-electron chi connectivity index (χ3n) is 5.29. The predicted octanol–water partition coefficient (Wildman–Crippen LogP) is 3.25. The molecule has 0 bridgehead atoms. The van der Waals surface area contributed by atoms with Crippen LogP contribution in [0.25, 0.3) is 27.4 Å². The minimum atomic E-state index is -0.524. The lowest BCUT2D eigenvalue weighted by atomic mass is 10.1. The Kier molecular flexibility index (Phi) is 3.31. The summed E-state index contributed by atoms with van der Waals surface area (Å²) in [4.78, 5) is 30.4. The lowest BCUT2D eigenvalue weighted by Gasteiger charge is -2.13. The van der Waals surface area contributed by atoms with Crippen LogP contribution in [0.3, 0.4) is 0 Å². The normalized spacial score (nSPS) is 14.1. The second kappa shape index (κ2) is 5.61. The van der Waals surface area contributed by atoms with Crippen molar-refractivity contribution in [1.29, 1.82) is 0 Å². The third kappa shape index (κ3) is 2.33. The maximum atomic E-state index is 14.5. The minimum absolute atomic E-state index is 0.165. The molecule has 0 atom stereocenters. The summed E-state index contributed by atoms with van der Waals surface area (Å²) in [5.41, 5.74) is 0.312. The van der Waals surface area contributed by atoms with E-state index in [2.05, 4.69) is 4.98 Å². The summed E-state index contributed by atoms with van der Waals surface area (Å²) in [6.07, 6.45) is 5.06. The molecular weight excluding hydrogens is 345 g/mol. The predicted molar refractivity (Wildman–Crippen MR) is 102 cm³/mol. The largest absolute Gasteiger partial charge is 0.335 e. The van der Waals surface area contributed by atoms with Crippen molar-refractivity contribution in [2.75, 3.05) is 0 Å². The van der Waals surface area contributed by atoms with Crippen LogP contribution in [0.15, 0.2) is 58.4 Å². The molecule has 0 unspecified atom stereocenters. The molecule has 5 rings (SSSR count). The average Bonchev–Trinajstić information content (AvgIpc) is 3.51. The number of fused-ring (bicyclic) bond motifs is 2. The average molecular weight is 361 g/mol. The fourth-order valence-electron chi connectivity index (χ4n) is 3.69. The van der Waals surface area contributed by atoms with Gasteiger partial charge in [0.1, 0.15) is 5.82 Å². The van der Waals surface area contributed by atoms with Crippen molar-refractivity contribution in [1.82, 2.24) is 14.1 Å². The second-order valence-electron chi connectivity index (χ2n) is 7.03. The number of aryl methyl sites for hydroxylation is 1. The Morgan fingerprint density at radius 2 is 1.85 bits per heavy atom. The van der Waals surface area contributed by atoms with Gasteiger partial charge in [-0.3, -0.25) is 14.3 Å². The third-order valence-corrected chi connectivity index (χ3v) is 5.29. The first kappa shape index (κ1) is 15.9. The maximum Gasteiger partial charge on any atom is 0.335 e. The standard InChI is InChI=1S/C21H16FN3O2/c1-24-18-9-17(22)15(12-6-7-12)8-16(18)20(26)25(21(24)27)19-11-23-10-13-4-2-3-5-14(13)19/h2-5,8-12H,6-7H2,1H3. The maximum absolute atomic E-state index is 14.5. The van der Waals surface area contributed by atoms with Crippen molar-refractivity contribution in [3.63, 3.8) is 0 Å². The van der Waals surface area contributed by atoms with Crippen LogP contribution in [-0.4, -0.2) is 14.1 Å². The van der Waals surface area contributed by atoms with Crippen molar-refractivity contribution in [3.8, 4) is 5.69 Å². The zero-order chi connectivity index (χ0) is 18.7. The van der Waals surface area contributed by atoms with Crippen LogP contribution >= 0.6 is 0 Å². The summed E-state index contributed by atoms with van der Waals surface area (Å²) in [6, 6.07) is 10.4. The van der Waals surface area contributed by atoms with Gasteiger partial charge in [0.15, 0.2) is 0 Å². The number of hydrogen-bond acceptors (Lipinski definition) is 3. The van der Waals surface area contributed by atoms with Crippen LogP contribution in [0.5, 0.6) is 0 Å². The van der Waals surface area contributed by atoms with Crippen LogP contribution in [-0.2, 0) is 7.05 Å². The molecule has 5 nitrogen and oxygen atoms in total. The Bertz CT molecular complexity index is 1340. The quantitative estimate of drug-likeness (QED) is 0.551. The molecule has 6 heteroatoms. The van der Waals surface area contributed by atoms with E-state index < -0.39 is 11.2 Å². The first-order chi connectivity index (χ1) is 13.1. The number of nitrogens with zero attached hydrogens (tertiary/aromatic N) is 3. The number of halogens is 1. The molecule has 1 saturated carbocycles. The van der Waals surface area contributed by atoms with Crippen LogP contribution < -0.4 is 11.2 Å². The van der Waals surface area contributed by atoms with Gasteiger partial charge < -0.3 is 0 Å². The number of pyridine rings is 1. The van der Waals surface area contributed by atoms with Crippen molar-refractivity contribution in [2.45, 2.75) is 18.8 Å². The zero-order valence-electron chi connectivity index (χ0n) is 14.6. The van der Waals surface area contributed by atoms with E-state index in [1.54, 1.807) is 19.3 Å². The first-order valence-electron chi connectivity index (χ1n) is 8.84. The van der Waals surface area contributed by atoms with E-state index in [0.29, 0.717) is 22.2 Å². The molecule has 1 aliphatic rings. The van der Waals surface area contributed by atoms with E-state index in [9.17, 15) is 14.0 Å². The van der Waals surface area contributed by atoms with Gasteiger partial charge >= 0.3 is 5.69 Å². The molecule has 1 fully saturated rings. The van der Waals surface area contributed by atoms with Gasteiger partial charge in [-0.2, -0.15) is 0 Å². The molecule has 4 aromatic rings. The highest BCUT2D eigenvalue weighted by Gasteiger charge is 2.28. The molecule has 0 N–H and O–H groups in total. The molecule has 0 saturated heterocycles. The summed E-state index contributed by atoms with van der Waals surface area (Å²) in [7, 11) is 1.55. The molecule has 2 aromatic heterocycles. The van der Waals surface area contributed by atoms with E-state index in [-0.39, 0.29) is 11.7 Å². The summed E-state index contributed by atoms with van der Waals surface area (Å²) in [5, 5.41) is 1.94. The monoisotopic (exact) mass is 361 g/mol. The van der Waals surface area contributed by atoms with Gasteiger partial charge in [-0.25, -0.2) is 13.8 Å². The van der Waals surface area contributed by atoms with E-state index in [4.69, 9.17) is 0 Å². The van der Waals surface area contributed by atoms with E-state index >= 15 is 0 Å². The molecule has 2 aromatic carbocycles. The fourth-order valence-corrected chi connectivity index (χ4v) is 3.69. The second-order valence-corrected chi connectivity index (χ2v) is 7.03. The zero-order valence-corrected chi connectivity index (χ0v) is 14.6. The smallest absolute Gasteiger partial charge is 0.296 e. The van der Waals surface area contributed by atoms with Crippen LogP contribution in [0.4, 0.5) is 4.39 Å². The van der Waals surface area contributed by atoms with E-state index in [0.717, 1.165) is 28.2 Å². The minimum Gasteiger partial charge on any atom is -0.296 e. The van der Waals surface area contributed by atoms with Crippen LogP contribution in [0.2, 0.25) is 0 Å². The van der Waals surface area contributed by atoms with Crippen molar-refractivity contribution in [2.24, 2.45) is 7.05 Å². The summed E-state index contributed by atoms with van der Waals surface area (Å²) < 4.78 is 16.9. The van der Waals surface area contributed by atoms with Gasteiger partial charge in [0, 0.05) is 24.0 Å². The molecule has 134 valence electrons. The molecule has 0 aliphatic heterocycles. The summed E-state index contributed by atoms with van der Waals surface area (Å²) in [5.74, 6) is -0.192. The molecule has 1 aliphatic carbocycles. The van der Waals surface area contributed by atoms with Crippen molar-refractivity contribution < 1.29 is 4.39 Å². The molecule has 0 radical (unpaired) electrons. The Hall–Kier alpha value is -3.28. The fraction of sp³-hybridized carbons (Fsp3) is 0.190. The molecule has 0 spiro atoms. The Balaban J connectivity index is 1.91. The van der Waals surface area contributed by atoms with Crippen molar-refractivity contribution >= 4 is 21.7 Å². The lowest BCUT2D eigenvalue weighted by Crippen LogP contribution is -2.38.